The predicted octanol–water partition coefficient (Wildman–Crippen LogP) is 3.76. The number of unbranched alkanes of at least 4 members (excludes halogenated alkanes) is 2. The highest BCUT2D eigenvalue weighted by molar-refractivity contribution is 6.11. The first-order valence-electron chi connectivity index (χ1n) is 7.45. The van der Waals surface area contributed by atoms with Gasteiger partial charge in [0.1, 0.15) is 7.85 Å². The highest BCUT2D eigenvalue weighted by Crippen LogP contribution is 2.59. The van der Waals surface area contributed by atoms with Crippen LogP contribution in [0.3, 0.4) is 0 Å². The van der Waals surface area contributed by atoms with Crippen LogP contribution in [0.15, 0.2) is 0 Å². The zero-order valence-corrected chi connectivity index (χ0v) is 11.9. The Kier molecular flexibility index (Phi) is 3.92. The van der Waals surface area contributed by atoms with E-state index in [0.29, 0.717) is 17.8 Å². The van der Waals surface area contributed by atoms with Gasteiger partial charge in [0, 0.05) is 6.00 Å². The van der Waals surface area contributed by atoms with Crippen LogP contribution < -0.4 is 0 Å². The van der Waals surface area contributed by atoms with Gasteiger partial charge < -0.3 is 4.74 Å². The smallest absolute Gasteiger partial charge is 0.109 e. The molecule has 5 unspecified atom stereocenters. The van der Waals surface area contributed by atoms with Gasteiger partial charge in [-0.15, -0.1) is 0 Å². The lowest BCUT2D eigenvalue weighted by Gasteiger charge is -2.35. The molecule has 2 radical (unpaired) electrons. The summed E-state index contributed by atoms with van der Waals surface area (Å²) < 4.78 is 6.22. The van der Waals surface area contributed by atoms with Crippen LogP contribution in [-0.2, 0) is 4.74 Å². The maximum atomic E-state index is 6.22. The molecule has 0 aromatic heterocycles. The van der Waals surface area contributed by atoms with E-state index in [1.807, 2.05) is 0 Å². The fourth-order valence-corrected chi connectivity index (χ4v) is 4.58. The summed E-state index contributed by atoms with van der Waals surface area (Å²) in [6.07, 6.45) is 6.36. The van der Waals surface area contributed by atoms with Gasteiger partial charge in [-0.1, -0.05) is 47.0 Å². The Morgan fingerprint density at radius 1 is 1.35 bits per heavy atom. The minimum Gasteiger partial charge on any atom is -0.381 e. The monoisotopic (exact) mass is 234 g/mol. The maximum Gasteiger partial charge on any atom is 0.109 e. The maximum absolute atomic E-state index is 6.22. The van der Waals surface area contributed by atoms with Crippen molar-refractivity contribution in [3.63, 3.8) is 0 Å². The highest BCUT2D eigenvalue weighted by atomic mass is 16.5. The van der Waals surface area contributed by atoms with E-state index in [9.17, 15) is 0 Å². The first kappa shape index (κ1) is 13.5. The summed E-state index contributed by atoms with van der Waals surface area (Å²) in [7, 11) is 6.21. The number of rotatable bonds is 5. The fraction of sp³-hybridized carbons (Fsp3) is 1.00. The Morgan fingerprint density at radius 2 is 2.06 bits per heavy atom. The Labute approximate surface area is 108 Å². The van der Waals surface area contributed by atoms with Gasteiger partial charge in [-0.2, -0.15) is 0 Å². The second kappa shape index (κ2) is 4.95. The Bertz CT molecular complexity index is 252. The second-order valence-corrected chi connectivity index (χ2v) is 6.63. The van der Waals surface area contributed by atoms with Gasteiger partial charge in [-0.3, -0.25) is 0 Å². The van der Waals surface area contributed by atoms with Crippen LogP contribution in [-0.4, -0.2) is 19.5 Å². The lowest BCUT2D eigenvalue weighted by molar-refractivity contribution is -0.0707. The van der Waals surface area contributed by atoms with Crippen molar-refractivity contribution in [1.29, 1.82) is 0 Å². The molecule has 0 aromatic rings. The van der Waals surface area contributed by atoms with Crippen molar-refractivity contribution in [2.45, 2.75) is 71.4 Å². The molecule has 96 valence electrons. The zero-order valence-electron chi connectivity index (χ0n) is 11.9. The van der Waals surface area contributed by atoms with Crippen LogP contribution in [0, 0.1) is 23.7 Å². The first-order chi connectivity index (χ1) is 8.02. The van der Waals surface area contributed by atoms with Crippen molar-refractivity contribution >= 4 is 7.85 Å². The molecule has 0 aromatic carbocycles. The lowest BCUT2D eigenvalue weighted by Crippen LogP contribution is -2.37. The van der Waals surface area contributed by atoms with E-state index in [1.54, 1.807) is 0 Å². The topological polar surface area (TPSA) is 9.23 Å². The molecule has 1 aliphatic carbocycles. The normalized spacial score (nSPS) is 44.8. The predicted molar refractivity (Wildman–Crippen MR) is 73.1 cm³/mol. The van der Waals surface area contributed by atoms with Gasteiger partial charge >= 0.3 is 0 Å². The third kappa shape index (κ3) is 2.18. The molecule has 2 heteroatoms. The summed E-state index contributed by atoms with van der Waals surface area (Å²) in [5.41, 5.74) is 0.118. The van der Waals surface area contributed by atoms with E-state index < -0.39 is 0 Å². The van der Waals surface area contributed by atoms with E-state index >= 15 is 0 Å². The van der Waals surface area contributed by atoms with Crippen molar-refractivity contribution in [3.8, 4) is 0 Å². The third-order valence-electron chi connectivity index (χ3n) is 5.02. The van der Waals surface area contributed by atoms with Crippen LogP contribution in [0.5, 0.6) is 0 Å². The summed E-state index contributed by atoms with van der Waals surface area (Å²) in [6.45, 7) is 9.31. The molecule has 0 N–H and O–H groups in total. The Balaban J connectivity index is 2.12. The third-order valence-corrected chi connectivity index (χ3v) is 5.02. The molecule has 2 bridgehead atoms. The highest BCUT2D eigenvalue weighted by Gasteiger charge is 2.60. The molecule has 1 aliphatic heterocycles. The molecular weight excluding hydrogens is 207 g/mol. The van der Waals surface area contributed by atoms with E-state index in [0.717, 1.165) is 5.92 Å². The van der Waals surface area contributed by atoms with Gasteiger partial charge in [-0.25, -0.2) is 0 Å². The van der Waals surface area contributed by atoms with E-state index in [1.165, 1.54) is 32.1 Å². The van der Waals surface area contributed by atoms with Gasteiger partial charge in [0.15, 0.2) is 0 Å². The van der Waals surface area contributed by atoms with Gasteiger partial charge in [0.2, 0.25) is 0 Å². The molecular formula is C15H27BO. The van der Waals surface area contributed by atoms with E-state index in [2.05, 4.69) is 27.7 Å². The zero-order chi connectivity index (χ0) is 12.6. The van der Waals surface area contributed by atoms with E-state index in [-0.39, 0.29) is 11.6 Å². The number of ether oxygens (including phenoxy) is 1. The quantitative estimate of drug-likeness (QED) is 0.520. The minimum absolute atomic E-state index is 0.00669. The number of hydrogen-bond acceptors (Lipinski definition) is 1. The molecule has 2 aliphatic rings. The average Bonchev–Trinajstić information content (AvgIpc) is 2.66. The molecule has 0 amide bonds. The summed E-state index contributed by atoms with van der Waals surface area (Å²) in [4.78, 5) is 0. The van der Waals surface area contributed by atoms with Crippen LogP contribution in [0.25, 0.3) is 0 Å². The van der Waals surface area contributed by atoms with Gasteiger partial charge in [-0.05, 0) is 36.5 Å². The summed E-state index contributed by atoms with van der Waals surface area (Å²) in [6, 6.07) is -0.00669. The van der Waals surface area contributed by atoms with Crippen LogP contribution in [0.2, 0.25) is 0 Å². The van der Waals surface area contributed by atoms with Crippen LogP contribution in [0.1, 0.15) is 59.8 Å². The van der Waals surface area contributed by atoms with Crippen molar-refractivity contribution in [2.24, 2.45) is 23.7 Å². The summed E-state index contributed by atoms with van der Waals surface area (Å²) >= 11 is 0. The molecule has 1 nitrogen and oxygen atoms in total. The molecule has 1 saturated heterocycles. The van der Waals surface area contributed by atoms with Gasteiger partial charge in [0.05, 0.1) is 5.60 Å². The molecule has 0 spiro atoms. The molecule has 1 saturated carbocycles. The molecule has 5 atom stereocenters. The van der Waals surface area contributed by atoms with Crippen molar-refractivity contribution in [1.82, 2.24) is 0 Å². The first-order valence-corrected chi connectivity index (χ1v) is 7.45. The van der Waals surface area contributed by atoms with Crippen LogP contribution in [0.4, 0.5) is 0 Å². The average molecular weight is 234 g/mol. The number of hydrogen-bond donors (Lipinski definition) is 0. The summed E-state index contributed by atoms with van der Waals surface area (Å²) in [5.74, 6) is 2.72. The van der Waals surface area contributed by atoms with Gasteiger partial charge in [0.25, 0.3) is 0 Å². The Morgan fingerprint density at radius 3 is 2.59 bits per heavy atom. The molecule has 2 fully saturated rings. The standard InChI is InChI=1S/C15H27BO/c1-5-6-7-8-15-9-11(4)12(14(16)17-15)13(15)10(2)3/h10-14H,5-9H2,1-4H3. The van der Waals surface area contributed by atoms with Crippen molar-refractivity contribution in [2.75, 3.05) is 0 Å². The lowest BCUT2D eigenvalue weighted by atomic mass is 9.73. The fourth-order valence-electron chi connectivity index (χ4n) is 4.58. The van der Waals surface area contributed by atoms with Crippen LogP contribution >= 0.6 is 0 Å². The molecule has 17 heavy (non-hydrogen) atoms. The summed E-state index contributed by atoms with van der Waals surface area (Å²) in [5, 5.41) is 0. The second-order valence-electron chi connectivity index (χ2n) is 6.63. The Hall–Kier alpha value is 0.0249. The minimum atomic E-state index is -0.00669. The van der Waals surface area contributed by atoms with Crippen molar-refractivity contribution in [3.05, 3.63) is 0 Å². The molecule has 2 rings (SSSR count). The van der Waals surface area contributed by atoms with Crippen molar-refractivity contribution < 1.29 is 4.74 Å². The number of fused-ring (bicyclic) bond motifs is 2. The largest absolute Gasteiger partial charge is 0.381 e. The van der Waals surface area contributed by atoms with E-state index in [4.69, 9.17) is 12.6 Å². The molecule has 1 heterocycles. The SMILES string of the molecule is [B]C1OC2(CCCCC)CC(C)C1C2C(C)C.